The average Bonchev–Trinajstić information content (AvgIpc) is 3.36. The second-order valence-electron chi connectivity index (χ2n) is 9.08. The Kier molecular flexibility index (Phi) is 8.01. The molecule has 0 aromatic carbocycles. The summed E-state index contributed by atoms with van der Waals surface area (Å²) < 4.78 is 37.5. The van der Waals surface area contributed by atoms with Crippen molar-refractivity contribution in [2.45, 2.75) is 83.5 Å². The molecule has 2 aromatic heterocycles. The van der Waals surface area contributed by atoms with Gasteiger partial charge in [0.2, 0.25) is 5.91 Å². The first kappa shape index (κ1) is 24.5. The summed E-state index contributed by atoms with van der Waals surface area (Å²) in [5.41, 5.74) is 0.973. The minimum absolute atomic E-state index is 0.0126. The molecule has 0 atom stereocenters. The highest BCUT2D eigenvalue weighted by molar-refractivity contribution is 7.11. The quantitative estimate of drug-likeness (QED) is 0.578. The molecule has 1 amide bonds. The molecule has 1 saturated carbocycles. The van der Waals surface area contributed by atoms with Gasteiger partial charge in [-0.05, 0) is 57.9 Å². The minimum atomic E-state index is -4.13. The molecule has 11 heteroatoms. The van der Waals surface area contributed by atoms with Gasteiger partial charge in [-0.1, -0.05) is 0 Å². The Morgan fingerprint density at radius 1 is 1.15 bits per heavy atom. The van der Waals surface area contributed by atoms with E-state index in [-0.39, 0.29) is 18.4 Å². The van der Waals surface area contributed by atoms with Gasteiger partial charge >= 0.3 is 6.18 Å². The van der Waals surface area contributed by atoms with Crippen molar-refractivity contribution in [1.82, 2.24) is 25.4 Å². The van der Waals surface area contributed by atoms with Gasteiger partial charge in [0.05, 0.1) is 17.1 Å². The van der Waals surface area contributed by atoms with Crippen LogP contribution in [0.1, 0.15) is 64.1 Å². The summed E-state index contributed by atoms with van der Waals surface area (Å²) in [5.74, 6) is 0.680. The molecule has 2 aromatic rings. The Morgan fingerprint density at radius 3 is 2.64 bits per heavy atom. The molecule has 0 saturated heterocycles. The van der Waals surface area contributed by atoms with Crippen LogP contribution in [0.25, 0.3) is 0 Å². The van der Waals surface area contributed by atoms with Gasteiger partial charge in [-0.25, -0.2) is 4.98 Å². The summed E-state index contributed by atoms with van der Waals surface area (Å²) in [5, 5.41) is 13.4. The highest BCUT2D eigenvalue weighted by Crippen LogP contribution is 2.31. The Bertz CT molecular complexity index is 937. The highest BCUT2D eigenvalue weighted by atomic mass is 32.1. The monoisotopic (exact) mass is 501 g/mol. The number of amides is 1. The number of rotatable bonds is 8. The number of hydrogen-bond acceptors (Lipinski definition) is 7. The molecule has 0 spiro atoms. The van der Waals surface area contributed by atoms with E-state index in [1.165, 1.54) is 22.7 Å². The maximum absolute atomic E-state index is 12.5. The number of carbonyl (C=O) groups excluding carboxylic acids is 1. The topological polar surface area (TPSA) is 71.0 Å². The van der Waals surface area contributed by atoms with Gasteiger partial charge in [0.1, 0.15) is 10.0 Å². The first-order valence-corrected chi connectivity index (χ1v) is 13.2. The molecule has 0 unspecified atom stereocenters. The Labute approximate surface area is 200 Å². The lowest BCUT2D eigenvalue weighted by atomic mass is 9.84. The molecule has 0 radical (unpaired) electrons. The molecule has 182 valence electrons. The Hall–Kier alpha value is -1.59. The molecule has 2 aliphatic rings. The van der Waals surface area contributed by atoms with Crippen molar-refractivity contribution in [3.8, 4) is 0 Å². The number of aromatic nitrogens is 3. The third kappa shape index (κ3) is 7.45. The average molecular weight is 502 g/mol. The molecule has 1 fully saturated rings. The second-order valence-corrected chi connectivity index (χ2v) is 11.5. The van der Waals surface area contributed by atoms with Gasteiger partial charge in [-0.3, -0.25) is 9.69 Å². The van der Waals surface area contributed by atoms with Crippen LogP contribution in [0.2, 0.25) is 0 Å². The zero-order chi connectivity index (χ0) is 23.4. The lowest BCUT2D eigenvalue weighted by Gasteiger charge is -2.32. The van der Waals surface area contributed by atoms with Crippen LogP contribution in [-0.2, 0) is 30.6 Å². The van der Waals surface area contributed by atoms with Crippen molar-refractivity contribution in [2.75, 3.05) is 13.1 Å². The predicted molar refractivity (Wildman–Crippen MR) is 122 cm³/mol. The molecular formula is C22H30F3N5OS2. The van der Waals surface area contributed by atoms with Crippen molar-refractivity contribution in [3.63, 3.8) is 0 Å². The van der Waals surface area contributed by atoms with Gasteiger partial charge in [-0.2, -0.15) is 13.2 Å². The largest absolute Gasteiger partial charge is 0.389 e. The summed E-state index contributed by atoms with van der Waals surface area (Å²) in [6.07, 6.45) is 1.59. The minimum Gasteiger partial charge on any atom is -0.353 e. The van der Waals surface area contributed by atoms with Crippen molar-refractivity contribution < 1.29 is 18.0 Å². The number of nitrogens with one attached hydrogen (secondary N) is 1. The Morgan fingerprint density at radius 2 is 1.94 bits per heavy atom. The fraction of sp³-hybridized carbons (Fsp3) is 0.727. The van der Waals surface area contributed by atoms with E-state index in [9.17, 15) is 18.0 Å². The van der Waals surface area contributed by atoms with Crippen molar-refractivity contribution in [1.29, 1.82) is 0 Å². The van der Waals surface area contributed by atoms with Crippen LogP contribution >= 0.6 is 22.7 Å². The van der Waals surface area contributed by atoms with Gasteiger partial charge in [-0.15, -0.1) is 32.9 Å². The second kappa shape index (κ2) is 10.8. The Balaban J connectivity index is 1.15. The highest BCUT2D eigenvalue weighted by Gasteiger charge is 2.29. The van der Waals surface area contributed by atoms with E-state index < -0.39 is 12.6 Å². The van der Waals surface area contributed by atoms with Crippen LogP contribution in [0.5, 0.6) is 0 Å². The van der Waals surface area contributed by atoms with E-state index in [1.54, 1.807) is 0 Å². The fourth-order valence-electron chi connectivity index (χ4n) is 4.64. The van der Waals surface area contributed by atoms with Crippen molar-refractivity contribution >= 4 is 28.6 Å². The molecule has 33 heavy (non-hydrogen) atoms. The van der Waals surface area contributed by atoms with Crippen LogP contribution < -0.4 is 5.32 Å². The molecule has 1 aliphatic carbocycles. The van der Waals surface area contributed by atoms with Gasteiger partial charge in [0.25, 0.3) is 0 Å². The van der Waals surface area contributed by atoms with E-state index >= 15 is 0 Å². The van der Waals surface area contributed by atoms with Crippen LogP contribution in [0.15, 0.2) is 0 Å². The summed E-state index contributed by atoms with van der Waals surface area (Å²) in [6, 6.07) is 0.241. The summed E-state index contributed by atoms with van der Waals surface area (Å²) in [6.45, 7) is 4.57. The number of carbonyl (C=O) groups is 1. The van der Waals surface area contributed by atoms with Crippen molar-refractivity contribution in [3.05, 3.63) is 25.6 Å². The van der Waals surface area contributed by atoms with E-state index in [1.807, 2.05) is 6.92 Å². The number of thiazole rings is 1. The first-order valence-electron chi connectivity index (χ1n) is 11.6. The smallest absolute Gasteiger partial charge is 0.353 e. The molecule has 3 heterocycles. The maximum atomic E-state index is 12.5. The van der Waals surface area contributed by atoms with E-state index in [0.717, 1.165) is 78.7 Å². The molecule has 1 aliphatic heterocycles. The molecule has 1 N–H and O–H groups in total. The first-order chi connectivity index (χ1) is 15.7. The maximum Gasteiger partial charge on any atom is 0.389 e. The molecule has 6 nitrogen and oxygen atoms in total. The van der Waals surface area contributed by atoms with Crippen LogP contribution in [0.3, 0.4) is 0 Å². The lowest BCUT2D eigenvalue weighted by molar-refractivity contribution is -0.134. The third-order valence-corrected chi connectivity index (χ3v) is 8.47. The van der Waals surface area contributed by atoms with E-state index in [0.29, 0.717) is 17.3 Å². The number of nitrogens with zero attached hydrogens (tertiary/aromatic N) is 4. The predicted octanol–water partition coefficient (Wildman–Crippen LogP) is 4.46. The number of alkyl halides is 3. The number of aryl methyl sites for hydroxylation is 2. The molecular weight excluding hydrogens is 471 g/mol. The zero-order valence-electron chi connectivity index (χ0n) is 18.8. The normalized spacial score (nSPS) is 21.7. The number of fused-ring (bicyclic) bond motifs is 1. The SMILES string of the molecule is Cc1nnc(CC(=O)NC2CCC(CCN3CCc4sc(CCC(F)(F)F)nc4C3)CC2)s1. The van der Waals surface area contributed by atoms with Crippen molar-refractivity contribution in [2.24, 2.45) is 5.92 Å². The van der Waals surface area contributed by atoms with E-state index in [2.05, 4.69) is 25.4 Å². The summed E-state index contributed by atoms with van der Waals surface area (Å²) in [7, 11) is 0. The third-order valence-electron chi connectivity index (χ3n) is 6.42. The molecule has 4 rings (SSSR count). The van der Waals surface area contributed by atoms with Crippen LogP contribution in [0, 0.1) is 12.8 Å². The standard InChI is InChI=1S/C22H30F3N5OS2/c1-14-28-29-21(32-14)12-19(31)26-16-4-2-15(3-5-16)7-10-30-11-8-18-17(13-30)27-20(33-18)6-9-22(23,24)25/h15-16H,2-13H2,1H3,(H,26,31). The zero-order valence-corrected chi connectivity index (χ0v) is 20.4. The lowest BCUT2D eigenvalue weighted by Crippen LogP contribution is -2.39. The fourth-order valence-corrected chi connectivity index (χ4v) is 6.41. The molecule has 0 bridgehead atoms. The van der Waals surface area contributed by atoms with Gasteiger partial charge in [0.15, 0.2) is 0 Å². The number of halogens is 3. The van der Waals surface area contributed by atoms with Gasteiger partial charge in [0, 0.05) is 36.9 Å². The number of hydrogen-bond donors (Lipinski definition) is 1. The van der Waals surface area contributed by atoms with Crippen LogP contribution in [-0.4, -0.2) is 51.3 Å². The van der Waals surface area contributed by atoms with Gasteiger partial charge < -0.3 is 5.32 Å². The van der Waals surface area contributed by atoms with E-state index in [4.69, 9.17) is 0 Å². The van der Waals surface area contributed by atoms with Crippen LogP contribution in [0.4, 0.5) is 13.2 Å². The summed E-state index contributed by atoms with van der Waals surface area (Å²) in [4.78, 5) is 20.3. The summed E-state index contributed by atoms with van der Waals surface area (Å²) >= 11 is 2.91.